The molecular weight excluding hydrogens is 252 g/mol. The van der Waals surface area contributed by atoms with Crippen molar-refractivity contribution in [2.75, 3.05) is 12.4 Å². The number of carbonyl (C=O) groups is 2. The molecule has 2 amide bonds. The lowest BCUT2D eigenvalue weighted by molar-refractivity contribution is -0.114. The molecule has 0 bridgehead atoms. The van der Waals surface area contributed by atoms with Crippen LogP contribution in [0.2, 0.25) is 0 Å². The topological polar surface area (TPSA) is 49.4 Å². The molecule has 0 saturated heterocycles. The molecule has 1 N–H and O–H groups in total. The van der Waals surface area contributed by atoms with Gasteiger partial charge in [0.15, 0.2) is 0 Å². The first-order chi connectivity index (χ1) is 9.58. The summed E-state index contributed by atoms with van der Waals surface area (Å²) >= 11 is 0. The van der Waals surface area contributed by atoms with E-state index in [0.29, 0.717) is 11.6 Å². The van der Waals surface area contributed by atoms with E-state index in [1.807, 2.05) is 11.9 Å². The van der Waals surface area contributed by atoms with Crippen LogP contribution in [0.3, 0.4) is 0 Å². The monoisotopic (exact) mass is 274 g/mol. The average molecular weight is 274 g/mol. The summed E-state index contributed by atoms with van der Waals surface area (Å²) in [4.78, 5) is 25.2. The molecule has 0 atom stereocenters. The number of carbonyl (C=O) groups excluding carboxylic acids is 2. The summed E-state index contributed by atoms with van der Waals surface area (Å²) < 4.78 is 0. The van der Waals surface area contributed by atoms with E-state index in [-0.39, 0.29) is 11.8 Å². The predicted molar refractivity (Wildman–Crippen MR) is 79.7 cm³/mol. The lowest BCUT2D eigenvalue weighted by atomic mass is 9.94. The van der Waals surface area contributed by atoms with Crippen LogP contribution in [0, 0.1) is 0 Å². The molecule has 20 heavy (non-hydrogen) atoms. The van der Waals surface area contributed by atoms with Crippen LogP contribution >= 0.6 is 0 Å². The van der Waals surface area contributed by atoms with E-state index >= 15 is 0 Å². The number of rotatable bonds is 3. The molecule has 1 aromatic rings. The van der Waals surface area contributed by atoms with Crippen LogP contribution in [0.15, 0.2) is 24.3 Å². The number of nitrogens with zero attached hydrogens (tertiary/aromatic N) is 1. The van der Waals surface area contributed by atoms with Gasteiger partial charge in [-0.3, -0.25) is 9.59 Å². The van der Waals surface area contributed by atoms with E-state index in [1.54, 1.807) is 24.3 Å². The molecule has 0 unspecified atom stereocenters. The summed E-state index contributed by atoms with van der Waals surface area (Å²) in [5, 5.41) is 2.70. The highest BCUT2D eigenvalue weighted by Crippen LogP contribution is 2.23. The van der Waals surface area contributed by atoms with Gasteiger partial charge < -0.3 is 10.2 Å². The summed E-state index contributed by atoms with van der Waals surface area (Å²) in [7, 11) is 1.89. The summed E-state index contributed by atoms with van der Waals surface area (Å²) in [6, 6.07) is 7.44. The molecule has 1 aromatic carbocycles. The van der Waals surface area contributed by atoms with Crippen LogP contribution in [-0.4, -0.2) is 29.8 Å². The molecule has 0 aliphatic heterocycles. The van der Waals surface area contributed by atoms with E-state index in [9.17, 15) is 9.59 Å². The highest BCUT2D eigenvalue weighted by Gasteiger charge is 2.22. The normalized spacial score (nSPS) is 15.7. The first-order valence-electron chi connectivity index (χ1n) is 7.23. The van der Waals surface area contributed by atoms with Crippen molar-refractivity contribution >= 4 is 17.5 Å². The Labute approximate surface area is 120 Å². The zero-order valence-corrected chi connectivity index (χ0v) is 12.2. The second-order valence-electron chi connectivity index (χ2n) is 5.47. The molecule has 0 aromatic heterocycles. The molecular formula is C16H22N2O2. The van der Waals surface area contributed by atoms with Crippen LogP contribution in [0.5, 0.6) is 0 Å². The fraction of sp³-hybridized carbons (Fsp3) is 0.500. The number of amides is 2. The molecule has 2 rings (SSSR count). The van der Waals surface area contributed by atoms with Crippen LogP contribution in [0.1, 0.15) is 49.4 Å². The molecule has 0 spiro atoms. The van der Waals surface area contributed by atoms with Crippen molar-refractivity contribution in [2.45, 2.75) is 45.1 Å². The van der Waals surface area contributed by atoms with Crippen molar-refractivity contribution in [1.82, 2.24) is 4.90 Å². The van der Waals surface area contributed by atoms with Gasteiger partial charge in [-0.2, -0.15) is 0 Å². The SMILES string of the molecule is CC(=O)Nc1ccc(C(=O)N(C)C2CCCCC2)cc1. The smallest absolute Gasteiger partial charge is 0.253 e. The number of nitrogens with one attached hydrogen (secondary N) is 1. The number of anilines is 1. The zero-order chi connectivity index (χ0) is 14.5. The number of benzene rings is 1. The molecule has 108 valence electrons. The molecule has 1 aliphatic rings. The largest absolute Gasteiger partial charge is 0.339 e. The molecule has 1 aliphatic carbocycles. The second-order valence-corrected chi connectivity index (χ2v) is 5.47. The molecule has 4 heteroatoms. The fourth-order valence-corrected chi connectivity index (χ4v) is 2.74. The molecule has 4 nitrogen and oxygen atoms in total. The Bertz CT molecular complexity index is 476. The van der Waals surface area contributed by atoms with Crippen LogP contribution in [-0.2, 0) is 4.79 Å². The van der Waals surface area contributed by atoms with Crippen molar-refractivity contribution in [1.29, 1.82) is 0 Å². The Morgan fingerprint density at radius 3 is 2.25 bits per heavy atom. The van der Waals surface area contributed by atoms with Crippen LogP contribution in [0.4, 0.5) is 5.69 Å². The van der Waals surface area contributed by atoms with E-state index in [1.165, 1.54) is 26.2 Å². The van der Waals surface area contributed by atoms with Crippen molar-refractivity contribution in [3.05, 3.63) is 29.8 Å². The van der Waals surface area contributed by atoms with Gasteiger partial charge in [-0.15, -0.1) is 0 Å². The van der Waals surface area contributed by atoms with Crippen LogP contribution < -0.4 is 5.32 Å². The van der Waals surface area contributed by atoms with Gasteiger partial charge >= 0.3 is 0 Å². The first kappa shape index (κ1) is 14.6. The van der Waals surface area contributed by atoms with Crippen molar-refractivity contribution in [3.63, 3.8) is 0 Å². The average Bonchev–Trinajstić information content (AvgIpc) is 2.47. The third kappa shape index (κ3) is 3.59. The predicted octanol–water partition coefficient (Wildman–Crippen LogP) is 3.05. The minimum Gasteiger partial charge on any atom is -0.339 e. The maximum atomic E-state index is 12.4. The maximum Gasteiger partial charge on any atom is 0.253 e. The Kier molecular flexibility index (Phi) is 4.77. The minimum atomic E-state index is -0.108. The Morgan fingerprint density at radius 1 is 1.10 bits per heavy atom. The van der Waals surface area contributed by atoms with E-state index in [4.69, 9.17) is 0 Å². The van der Waals surface area contributed by atoms with Crippen molar-refractivity contribution < 1.29 is 9.59 Å². The number of hydrogen-bond acceptors (Lipinski definition) is 2. The van der Waals surface area contributed by atoms with Crippen LogP contribution in [0.25, 0.3) is 0 Å². The molecule has 1 saturated carbocycles. The molecule has 1 fully saturated rings. The minimum absolute atomic E-state index is 0.0614. The number of hydrogen-bond donors (Lipinski definition) is 1. The van der Waals surface area contributed by atoms with Gasteiger partial charge in [-0.1, -0.05) is 19.3 Å². The van der Waals surface area contributed by atoms with Crippen molar-refractivity contribution in [3.8, 4) is 0 Å². The third-order valence-corrected chi connectivity index (χ3v) is 3.89. The lowest BCUT2D eigenvalue weighted by Gasteiger charge is -2.31. The highest BCUT2D eigenvalue weighted by molar-refractivity contribution is 5.95. The Hall–Kier alpha value is -1.84. The van der Waals surface area contributed by atoms with E-state index in [0.717, 1.165) is 18.5 Å². The molecule has 0 radical (unpaired) electrons. The van der Waals surface area contributed by atoms with Gasteiger partial charge in [-0.25, -0.2) is 0 Å². The van der Waals surface area contributed by atoms with Gasteiger partial charge in [0.2, 0.25) is 5.91 Å². The fourth-order valence-electron chi connectivity index (χ4n) is 2.74. The summed E-state index contributed by atoms with van der Waals surface area (Å²) in [5.41, 5.74) is 1.39. The third-order valence-electron chi connectivity index (χ3n) is 3.89. The molecule has 0 heterocycles. The maximum absolute atomic E-state index is 12.4. The van der Waals surface area contributed by atoms with Crippen molar-refractivity contribution in [2.24, 2.45) is 0 Å². The quantitative estimate of drug-likeness (QED) is 0.921. The lowest BCUT2D eigenvalue weighted by Crippen LogP contribution is -2.38. The van der Waals surface area contributed by atoms with Gasteiger partial charge in [0.25, 0.3) is 5.91 Å². The van der Waals surface area contributed by atoms with Gasteiger partial charge in [0.1, 0.15) is 0 Å². The first-order valence-corrected chi connectivity index (χ1v) is 7.23. The highest BCUT2D eigenvalue weighted by atomic mass is 16.2. The van der Waals surface area contributed by atoms with E-state index in [2.05, 4.69) is 5.32 Å². The summed E-state index contributed by atoms with van der Waals surface area (Å²) in [6.07, 6.45) is 5.91. The van der Waals surface area contributed by atoms with Gasteiger partial charge in [0.05, 0.1) is 0 Å². The van der Waals surface area contributed by atoms with E-state index < -0.39 is 0 Å². The Morgan fingerprint density at radius 2 is 1.70 bits per heavy atom. The van der Waals surface area contributed by atoms with Gasteiger partial charge in [-0.05, 0) is 37.1 Å². The zero-order valence-electron chi connectivity index (χ0n) is 12.2. The second kappa shape index (κ2) is 6.55. The Balaban J connectivity index is 2.02. The summed E-state index contributed by atoms with van der Waals surface area (Å²) in [5.74, 6) is -0.0466. The van der Waals surface area contributed by atoms with Gasteiger partial charge in [0, 0.05) is 31.3 Å². The standard InChI is InChI=1S/C16H22N2O2/c1-12(19)17-14-10-8-13(9-11-14)16(20)18(2)15-6-4-3-5-7-15/h8-11,15H,3-7H2,1-2H3,(H,17,19). The summed E-state index contributed by atoms with van der Waals surface area (Å²) in [6.45, 7) is 1.47.